The third kappa shape index (κ3) is 2.47. The molecule has 0 saturated carbocycles. The Balaban J connectivity index is 2.22. The summed E-state index contributed by atoms with van der Waals surface area (Å²) in [6.07, 6.45) is 3.66. The number of furan rings is 1. The Morgan fingerprint density at radius 2 is 2.17 bits per heavy atom. The molecule has 18 heavy (non-hydrogen) atoms. The minimum Gasteiger partial charge on any atom is -0.493 e. The maximum absolute atomic E-state index is 11.6. The average molecular weight is 248 g/mol. The van der Waals surface area contributed by atoms with Gasteiger partial charge in [-0.3, -0.25) is 4.79 Å². The first-order valence-electron chi connectivity index (χ1n) is 6.01. The summed E-state index contributed by atoms with van der Waals surface area (Å²) in [5, 5.41) is 0.749. The summed E-state index contributed by atoms with van der Waals surface area (Å²) in [5.74, 6) is 0.843. The van der Waals surface area contributed by atoms with Gasteiger partial charge in [0.15, 0.2) is 17.1 Å². The number of carbonyl (C=O) groups is 1. The van der Waals surface area contributed by atoms with E-state index < -0.39 is 0 Å². The molecule has 0 aliphatic rings. The van der Waals surface area contributed by atoms with Crippen LogP contribution in [-0.2, 0) is 4.79 Å². The predicted molar refractivity (Wildman–Crippen MR) is 67.9 cm³/mol. The highest BCUT2D eigenvalue weighted by atomic mass is 16.5. The van der Waals surface area contributed by atoms with Gasteiger partial charge in [-0.25, -0.2) is 0 Å². The maximum Gasteiger partial charge on any atom is 0.311 e. The van der Waals surface area contributed by atoms with Crippen LogP contribution in [0, 0.1) is 0 Å². The molecule has 2 aromatic rings. The van der Waals surface area contributed by atoms with Gasteiger partial charge in [-0.2, -0.15) is 0 Å². The molecule has 0 aliphatic carbocycles. The number of unbranched alkanes of at least 4 members (excludes halogenated alkanes) is 1. The fourth-order valence-corrected chi connectivity index (χ4v) is 1.74. The highest BCUT2D eigenvalue weighted by Gasteiger charge is 2.13. The van der Waals surface area contributed by atoms with Crippen LogP contribution in [0.1, 0.15) is 26.2 Å². The van der Waals surface area contributed by atoms with Crippen molar-refractivity contribution < 1.29 is 18.7 Å². The van der Waals surface area contributed by atoms with Crippen LogP contribution in [0.25, 0.3) is 11.0 Å². The van der Waals surface area contributed by atoms with E-state index in [-0.39, 0.29) is 5.97 Å². The summed E-state index contributed by atoms with van der Waals surface area (Å²) in [7, 11) is 1.57. The Hall–Kier alpha value is -1.97. The number of methoxy groups -OCH3 is 1. The molecule has 0 saturated heterocycles. The number of para-hydroxylation sites is 1. The molecule has 0 aliphatic heterocycles. The zero-order valence-corrected chi connectivity index (χ0v) is 10.6. The lowest BCUT2D eigenvalue weighted by atomic mass is 10.2. The Bertz CT molecular complexity index is 542. The maximum atomic E-state index is 11.6. The second-order valence-corrected chi connectivity index (χ2v) is 4.01. The lowest BCUT2D eigenvalue weighted by Gasteiger charge is -2.02. The molecule has 1 aromatic carbocycles. The zero-order valence-electron chi connectivity index (χ0n) is 10.6. The molecule has 1 aromatic heterocycles. The van der Waals surface area contributed by atoms with Crippen LogP contribution < -0.4 is 9.47 Å². The van der Waals surface area contributed by atoms with E-state index in [9.17, 15) is 4.79 Å². The molecule has 0 radical (unpaired) electrons. The number of hydrogen-bond acceptors (Lipinski definition) is 4. The van der Waals surface area contributed by atoms with Gasteiger partial charge in [-0.15, -0.1) is 0 Å². The van der Waals surface area contributed by atoms with Crippen molar-refractivity contribution in [1.29, 1.82) is 0 Å². The molecule has 0 N–H and O–H groups in total. The zero-order chi connectivity index (χ0) is 13.0. The van der Waals surface area contributed by atoms with Crippen LogP contribution >= 0.6 is 0 Å². The minimum absolute atomic E-state index is 0.234. The first-order valence-corrected chi connectivity index (χ1v) is 6.01. The van der Waals surface area contributed by atoms with Crippen LogP contribution in [-0.4, -0.2) is 13.1 Å². The largest absolute Gasteiger partial charge is 0.493 e. The smallest absolute Gasteiger partial charge is 0.311 e. The molecule has 1 heterocycles. The Morgan fingerprint density at radius 1 is 1.33 bits per heavy atom. The Morgan fingerprint density at radius 3 is 2.89 bits per heavy atom. The van der Waals surface area contributed by atoms with Crippen LogP contribution in [0.15, 0.2) is 28.9 Å². The van der Waals surface area contributed by atoms with Gasteiger partial charge in [-0.1, -0.05) is 19.4 Å². The van der Waals surface area contributed by atoms with Crippen LogP contribution in [0.5, 0.6) is 11.5 Å². The molecule has 4 heteroatoms. The van der Waals surface area contributed by atoms with E-state index >= 15 is 0 Å². The monoisotopic (exact) mass is 248 g/mol. The number of fused-ring (bicyclic) bond motifs is 1. The molecule has 0 fully saturated rings. The van der Waals surface area contributed by atoms with E-state index in [1.807, 2.05) is 19.1 Å². The van der Waals surface area contributed by atoms with Crippen molar-refractivity contribution in [2.75, 3.05) is 7.11 Å². The summed E-state index contributed by atoms with van der Waals surface area (Å²) >= 11 is 0. The van der Waals surface area contributed by atoms with Gasteiger partial charge in [0.2, 0.25) is 0 Å². The molecular weight excluding hydrogens is 232 g/mol. The number of hydrogen-bond donors (Lipinski definition) is 0. The molecule has 4 nitrogen and oxygen atoms in total. The molecule has 0 unspecified atom stereocenters. The van der Waals surface area contributed by atoms with Crippen molar-refractivity contribution in [3.8, 4) is 11.5 Å². The third-order valence-corrected chi connectivity index (χ3v) is 2.71. The van der Waals surface area contributed by atoms with Gasteiger partial charge in [0, 0.05) is 6.42 Å². The van der Waals surface area contributed by atoms with E-state index in [0.717, 1.165) is 18.2 Å². The summed E-state index contributed by atoms with van der Waals surface area (Å²) in [6, 6.07) is 5.47. The highest BCUT2D eigenvalue weighted by Crippen LogP contribution is 2.34. The van der Waals surface area contributed by atoms with Crippen molar-refractivity contribution in [2.45, 2.75) is 26.2 Å². The van der Waals surface area contributed by atoms with Gasteiger partial charge < -0.3 is 13.9 Å². The van der Waals surface area contributed by atoms with Crippen molar-refractivity contribution in [2.24, 2.45) is 0 Å². The molecule has 96 valence electrons. The lowest BCUT2D eigenvalue weighted by Crippen LogP contribution is -2.06. The van der Waals surface area contributed by atoms with E-state index in [0.29, 0.717) is 23.5 Å². The normalized spacial score (nSPS) is 10.6. The molecule has 0 spiro atoms. The summed E-state index contributed by atoms with van der Waals surface area (Å²) in [6.45, 7) is 2.03. The highest BCUT2D eigenvalue weighted by molar-refractivity contribution is 5.90. The van der Waals surface area contributed by atoms with Crippen LogP contribution in [0.2, 0.25) is 0 Å². The van der Waals surface area contributed by atoms with Gasteiger partial charge >= 0.3 is 5.97 Å². The first-order chi connectivity index (χ1) is 8.76. The number of esters is 1. The van der Waals surface area contributed by atoms with Crippen molar-refractivity contribution in [3.63, 3.8) is 0 Å². The van der Waals surface area contributed by atoms with Crippen LogP contribution in [0.3, 0.4) is 0 Å². The fraction of sp³-hybridized carbons (Fsp3) is 0.357. The van der Waals surface area contributed by atoms with Crippen molar-refractivity contribution in [1.82, 2.24) is 0 Å². The summed E-state index contributed by atoms with van der Waals surface area (Å²) in [4.78, 5) is 11.6. The molecule has 0 atom stereocenters. The minimum atomic E-state index is -0.234. The van der Waals surface area contributed by atoms with Gasteiger partial charge in [0.1, 0.15) is 6.26 Å². The molecule has 0 bridgehead atoms. The number of benzene rings is 1. The van der Waals surface area contributed by atoms with E-state index in [1.54, 1.807) is 13.2 Å². The first kappa shape index (κ1) is 12.5. The van der Waals surface area contributed by atoms with E-state index in [2.05, 4.69) is 0 Å². The Labute approximate surface area is 105 Å². The van der Waals surface area contributed by atoms with Crippen molar-refractivity contribution in [3.05, 3.63) is 24.5 Å². The topological polar surface area (TPSA) is 48.7 Å². The van der Waals surface area contributed by atoms with Gasteiger partial charge in [-0.05, 0) is 18.6 Å². The summed E-state index contributed by atoms with van der Waals surface area (Å²) in [5.41, 5.74) is 0.596. The van der Waals surface area contributed by atoms with Gasteiger partial charge in [0.05, 0.1) is 12.5 Å². The van der Waals surface area contributed by atoms with E-state index in [4.69, 9.17) is 13.9 Å². The average Bonchev–Trinajstić information content (AvgIpc) is 2.79. The van der Waals surface area contributed by atoms with Crippen LogP contribution in [0.4, 0.5) is 0 Å². The standard InChI is InChI=1S/C14H16O4/c1-3-4-8-13(15)18-12-9-17-14-10(12)6-5-7-11(14)16-2/h5-7,9H,3-4,8H2,1-2H3. The Kier molecular flexibility index (Phi) is 3.87. The SMILES string of the molecule is CCCCC(=O)Oc1coc2c(OC)cccc12. The van der Waals surface area contributed by atoms with Gasteiger partial charge in [0.25, 0.3) is 0 Å². The number of carbonyl (C=O) groups excluding carboxylic acids is 1. The fourth-order valence-electron chi connectivity index (χ4n) is 1.74. The quantitative estimate of drug-likeness (QED) is 0.759. The summed E-state index contributed by atoms with van der Waals surface area (Å²) < 4.78 is 15.8. The second-order valence-electron chi connectivity index (χ2n) is 4.01. The second kappa shape index (κ2) is 5.58. The number of rotatable bonds is 5. The van der Waals surface area contributed by atoms with Crippen molar-refractivity contribution >= 4 is 16.9 Å². The number of ether oxygens (including phenoxy) is 2. The third-order valence-electron chi connectivity index (χ3n) is 2.71. The molecular formula is C14H16O4. The lowest BCUT2D eigenvalue weighted by molar-refractivity contribution is -0.134. The predicted octanol–water partition coefficient (Wildman–Crippen LogP) is 3.54. The molecule has 2 rings (SSSR count). The molecule has 0 amide bonds. The van der Waals surface area contributed by atoms with E-state index in [1.165, 1.54) is 6.26 Å².